The summed E-state index contributed by atoms with van der Waals surface area (Å²) in [7, 11) is 0. The Kier molecular flexibility index (Phi) is 6.29. The van der Waals surface area contributed by atoms with E-state index in [2.05, 4.69) is 0 Å². The molecule has 1 heterocycles. The minimum Gasteiger partial charge on any atom is -0.494 e. The maximum atomic E-state index is 12.7. The second-order valence-corrected chi connectivity index (χ2v) is 7.15. The molecule has 0 aliphatic rings. The van der Waals surface area contributed by atoms with Gasteiger partial charge in [0.1, 0.15) is 17.4 Å². The number of aromatic nitrogens is 1. The molecule has 0 atom stereocenters. The number of hydrogen-bond acceptors (Lipinski definition) is 5. The van der Waals surface area contributed by atoms with E-state index >= 15 is 0 Å². The molecule has 2 aromatic rings. The van der Waals surface area contributed by atoms with E-state index in [-0.39, 0.29) is 35.8 Å². The number of rotatable bonds is 6. The topological polar surface area (TPSA) is 92.3 Å². The Labute approximate surface area is 162 Å². The van der Waals surface area contributed by atoms with E-state index in [1.165, 1.54) is 6.92 Å². The van der Waals surface area contributed by atoms with Crippen molar-refractivity contribution in [3.63, 3.8) is 0 Å². The van der Waals surface area contributed by atoms with Crippen LogP contribution in [-0.2, 0) is 6.54 Å². The van der Waals surface area contributed by atoms with Crippen molar-refractivity contribution in [2.24, 2.45) is 5.92 Å². The van der Waals surface area contributed by atoms with Crippen molar-refractivity contribution in [1.29, 1.82) is 5.26 Å². The van der Waals surface area contributed by atoms with E-state index in [1.54, 1.807) is 18.2 Å². The molecular formula is C20H21ClN2O4. The van der Waals surface area contributed by atoms with E-state index in [4.69, 9.17) is 16.3 Å². The zero-order valence-corrected chi connectivity index (χ0v) is 16.4. The summed E-state index contributed by atoms with van der Waals surface area (Å²) in [5.41, 5.74) is 0.127. The number of ether oxygens (including phenoxy) is 1. The highest BCUT2D eigenvalue weighted by atomic mass is 35.5. The van der Waals surface area contributed by atoms with Gasteiger partial charge in [-0.2, -0.15) is 5.26 Å². The van der Waals surface area contributed by atoms with Crippen LogP contribution in [0.4, 0.5) is 0 Å². The van der Waals surface area contributed by atoms with Crippen LogP contribution in [0.2, 0.25) is 5.02 Å². The number of aromatic hydroxyl groups is 1. The van der Waals surface area contributed by atoms with E-state index in [9.17, 15) is 20.0 Å². The number of ketones is 1. The van der Waals surface area contributed by atoms with Gasteiger partial charge in [0.2, 0.25) is 11.7 Å². The zero-order valence-electron chi connectivity index (χ0n) is 15.7. The van der Waals surface area contributed by atoms with Crippen LogP contribution in [0.3, 0.4) is 0 Å². The first-order chi connectivity index (χ1) is 12.7. The van der Waals surface area contributed by atoms with Gasteiger partial charge in [0.25, 0.3) is 5.56 Å². The van der Waals surface area contributed by atoms with Crippen molar-refractivity contribution < 1.29 is 14.6 Å². The molecule has 0 fully saturated rings. The number of carbonyl (C=O) groups excluding carboxylic acids is 1. The maximum absolute atomic E-state index is 12.7. The second-order valence-electron chi connectivity index (χ2n) is 6.74. The van der Waals surface area contributed by atoms with Crippen LogP contribution in [0.15, 0.2) is 23.0 Å². The van der Waals surface area contributed by atoms with Crippen molar-refractivity contribution in [2.75, 3.05) is 6.61 Å². The number of Topliss-reactive ketones (excluding diaryl/α,β-unsaturated/α-hetero) is 1. The quantitative estimate of drug-likeness (QED) is 0.763. The molecule has 6 nitrogen and oxygen atoms in total. The van der Waals surface area contributed by atoms with Gasteiger partial charge in [-0.1, -0.05) is 25.4 Å². The number of halogens is 1. The van der Waals surface area contributed by atoms with Crippen molar-refractivity contribution in [2.45, 2.75) is 34.2 Å². The van der Waals surface area contributed by atoms with E-state index < -0.39 is 17.2 Å². The van der Waals surface area contributed by atoms with Gasteiger partial charge in [0, 0.05) is 11.6 Å². The Bertz CT molecular complexity index is 987. The summed E-state index contributed by atoms with van der Waals surface area (Å²) in [6, 6.07) is 6.83. The van der Waals surface area contributed by atoms with Crippen LogP contribution >= 0.6 is 11.6 Å². The molecule has 0 unspecified atom stereocenters. The van der Waals surface area contributed by atoms with Gasteiger partial charge in [0.15, 0.2) is 6.61 Å². The predicted octanol–water partition coefficient (Wildman–Crippen LogP) is 3.61. The maximum Gasteiger partial charge on any atom is 0.271 e. The van der Waals surface area contributed by atoms with Crippen molar-refractivity contribution >= 4 is 17.4 Å². The van der Waals surface area contributed by atoms with Crippen molar-refractivity contribution in [3.05, 3.63) is 55.8 Å². The fraction of sp³-hybridized carbons (Fsp3) is 0.350. The Morgan fingerprint density at radius 2 is 2.04 bits per heavy atom. The lowest BCUT2D eigenvalue weighted by atomic mass is 10.0. The monoisotopic (exact) mass is 388 g/mol. The summed E-state index contributed by atoms with van der Waals surface area (Å²) in [4.78, 5) is 25.1. The molecule has 7 heteroatoms. The third-order valence-corrected chi connectivity index (χ3v) is 4.55. The number of nitrogens with zero attached hydrogens (tertiary/aromatic N) is 2. The van der Waals surface area contributed by atoms with Crippen molar-refractivity contribution in [1.82, 2.24) is 4.57 Å². The number of pyridine rings is 1. The van der Waals surface area contributed by atoms with E-state index in [0.717, 1.165) is 10.1 Å². The van der Waals surface area contributed by atoms with E-state index in [0.29, 0.717) is 10.8 Å². The fourth-order valence-electron chi connectivity index (χ4n) is 2.75. The summed E-state index contributed by atoms with van der Waals surface area (Å²) in [6.07, 6.45) is 0. The molecule has 0 saturated heterocycles. The highest BCUT2D eigenvalue weighted by Gasteiger charge is 2.24. The van der Waals surface area contributed by atoms with Gasteiger partial charge in [-0.05, 0) is 49.1 Å². The highest BCUT2D eigenvalue weighted by molar-refractivity contribution is 6.31. The van der Waals surface area contributed by atoms with Gasteiger partial charge >= 0.3 is 0 Å². The molecule has 1 N–H and O–H groups in total. The molecule has 1 aromatic carbocycles. The highest BCUT2D eigenvalue weighted by Crippen LogP contribution is 2.25. The first kappa shape index (κ1) is 20.5. The standard InChI is InChI=1S/C20H21ClN2O4/c1-11(2)9-23-19(25)15(8-22)13(4)18(20(23)26)17(24)10-27-14-5-6-16(21)12(3)7-14/h5-7,11,26H,9-10H2,1-4H3. The molecule has 142 valence electrons. The first-order valence-corrected chi connectivity index (χ1v) is 8.83. The molecule has 0 saturated carbocycles. The molecule has 27 heavy (non-hydrogen) atoms. The molecule has 2 rings (SSSR count). The lowest BCUT2D eigenvalue weighted by molar-refractivity contribution is 0.0916. The Morgan fingerprint density at radius 1 is 1.37 bits per heavy atom. The molecule has 0 aliphatic heterocycles. The smallest absolute Gasteiger partial charge is 0.271 e. The summed E-state index contributed by atoms with van der Waals surface area (Å²) < 4.78 is 6.57. The Balaban J connectivity index is 2.41. The van der Waals surface area contributed by atoms with Crippen LogP contribution in [0.5, 0.6) is 11.6 Å². The number of benzene rings is 1. The lowest BCUT2D eigenvalue weighted by Gasteiger charge is -2.17. The fourth-order valence-corrected chi connectivity index (χ4v) is 2.86. The molecular weight excluding hydrogens is 368 g/mol. The van der Waals surface area contributed by atoms with E-state index in [1.807, 2.05) is 26.8 Å². The number of hydrogen-bond donors (Lipinski definition) is 1. The second kappa shape index (κ2) is 8.28. The summed E-state index contributed by atoms with van der Waals surface area (Å²) >= 11 is 5.97. The van der Waals surface area contributed by atoms with Crippen LogP contribution in [0.1, 0.15) is 40.9 Å². The van der Waals surface area contributed by atoms with Crippen LogP contribution < -0.4 is 10.3 Å². The normalized spacial score (nSPS) is 10.7. The predicted molar refractivity (Wildman–Crippen MR) is 103 cm³/mol. The molecule has 0 aliphatic carbocycles. The van der Waals surface area contributed by atoms with Crippen LogP contribution in [0.25, 0.3) is 0 Å². The average Bonchev–Trinajstić information content (AvgIpc) is 2.60. The molecule has 0 spiro atoms. The van der Waals surface area contributed by atoms with Gasteiger partial charge in [-0.25, -0.2) is 0 Å². The summed E-state index contributed by atoms with van der Waals surface area (Å²) in [5, 5.41) is 20.4. The molecule has 0 radical (unpaired) electrons. The summed E-state index contributed by atoms with van der Waals surface area (Å²) in [6.45, 7) is 6.86. The lowest BCUT2D eigenvalue weighted by Crippen LogP contribution is -2.29. The van der Waals surface area contributed by atoms with Gasteiger partial charge in [-0.3, -0.25) is 14.2 Å². The first-order valence-electron chi connectivity index (χ1n) is 8.46. The minimum atomic E-state index is -0.605. The average molecular weight is 389 g/mol. The molecule has 0 bridgehead atoms. The zero-order chi connectivity index (χ0) is 20.3. The summed E-state index contributed by atoms with van der Waals surface area (Å²) in [5.74, 6) is -0.463. The molecule has 1 aromatic heterocycles. The largest absolute Gasteiger partial charge is 0.494 e. The SMILES string of the molecule is Cc1cc(OCC(=O)c2c(C)c(C#N)c(=O)n(CC(C)C)c2O)ccc1Cl. The Hall–Kier alpha value is -2.78. The van der Waals surface area contributed by atoms with Crippen LogP contribution in [-0.4, -0.2) is 22.1 Å². The number of carbonyl (C=O) groups is 1. The number of nitriles is 1. The van der Waals surface area contributed by atoms with Gasteiger partial charge in [0.05, 0.1) is 5.56 Å². The third kappa shape index (κ3) is 4.32. The number of aryl methyl sites for hydroxylation is 1. The van der Waals surface area contributed by atoms with Crippen molar-refractivity contribution in [3.8, 4) is 17.7 Å². The molecule has 0 amide bonds. The third-order valence-electron chi connectivity index (χ3n) is 4.13. The van der Waals surface area contributed by atoms with Crippen LogP contribution in [0, 0.1) is 31.1 Å². The Morgan fingerprint density at radius 3 is 2.59 bits per heavy atom. The van der Waals surface area contributed by atoms with Gasteiger partial charge < -0.3 is 9.84 Å². The van der Waals surface area contributed by atoms with Gasteiger partial charge in [-0.15, -0.1) is 0 Å². The minimum absolute atomic E-state index is 0.0408.